The first-order valence-electron chi connectivity index (χ1n) is 4.08. The summed E-state index contributed by atoms with van der Waals surface area (Å²) < 4.78 is 4.89. The first-order chi connectivity index (χ1) is 6.97. The van der Waals surface area contributed by atoms with Gasteiger partial charge in [-0.05, 0) is 14.1 Å². The van der Waals surface area contributed by atoms with Gasteiger partial charge in [-0.3, -0.25) is 4.79 Å². The fourth-order valence-corrected chi connectivity index (χ4v) is 0.894. The molecule has 7 heteroatoms. The van der Waals surface area contributed by atoms with Gasteiger partial charge in [-0.25, -0.2) is 4.79 Å². The van der Waals surface area contributed by atoms with Crippen molar-refractivity contribution in [1.82, 2.24) is 4.90 Å². The van der Waals surface area contributed by atoms with Crippen LogP contribution in [0.5, 0.6) is 0 Å². The highest BCUT2D eigenvalue weighted by Crippen LogP contribution is 1.87. The van der Waals surface area contributed by atoms with Crippen LogP contribution in [0.15, 0.2) is 0 Å². The molecule has 0 aliphatic rings. The number of rotatable bonds is 4. The average Bonchev–Trinajstić information content (AvgIpc) is 2.13. The minimum Gasteiger partial charge on any atom is -0.493 e. The van der Waals surface area contributed by atoms with E-state index in [-0.39, 0.29) is 6.54 Å². The summed E-state index contributed by atoms with van der Waals surface area (Å²) in [7, 11) is 1.77. The number of carbonyl (C=O) groups is 2. The minimum atomic E-state index is -1.53. The Hall–Kier alpha value is -0.585. The Labute approximate surface area is 102 Å². The lowest BCUT2D eigenvalue weighted by Gasteiger charge is -2.07. The van der Waals surface area contributed by atoms with Crippen molar-refractivity contribution in [1.29, 1.82) is 0 Å². The van der Waals surface area contributed by atoms with E-state index in [1.54, 1.807) is 14.1 Å². The highest BCUT2D eigenvalue weighted by molar-refractivity contribution is 14.1. The van der Waals surface area contributed by atoms with Crippen LogP contribution >= 0.6 is 22.6 Å². The van der Waals surface area contributed by atoms with Crippen molar-refractivity contribution in [2.45, 2.75) is 0 Å². The Morgan fingerprint density at radius 1 is 1.53 bits per heavy atom. The molecule has 0 aliphatic carbocycles. The fraction of sp³-hybridized carbons (Fsp3) is 0.500. The topological polar surface area (TPSA) is 66.8 Å². The van der Waals surface area contributed by atoms with Crippen molar-refractivity contribution in [2.75, 3.05) is 25.1 Å². The van der Waals surface area contributed by atoms with Crippen LogP contribution in [0.3, 0.4) is 0 Å². The van der Waals surface area contributed by atoms with Crippen LogP contribution in [-0.4, -0.2) is 53.9 Å². The molecule has 0 rings (SSSR count). The SMILES string of the molecule is CN(C)CC(=O)C(=O)OB(O)C#CCI. The summed E-state index contributed by atoms with van der Waals surface area (Å²) >= 11 is 1.99. The molecule has 0 atom stereocenters. The number of ketones is 1. The second kappa shape index (κ2) is 7.67. The molecule has 0 aliphatic heterocycles. The van der Waals surface area contributed by atoms with E-state index in [2.05, 4.69) is 16.4 Å². The standard InChI is InChI=1S/C8H11BINO4/c1-11(2)6-7(12)8(13)15-9(14)4-3-5-10/h14H,5-6H2,1-2H3. The van der Waals surface area contributed by atoms with E-state index >= 15 is 0 Å². The zero-order valence-corrected chi connectivity index (χ0v) is 10.6. The minimum absolute atomic E-state index is 0.0503. The van der Waals surface area contributed by atoms with Crippen LogP contribution in [0.25, 0.3) is 0 Å². The summed E-state index contributed by atoms with van der Waals surface area (Å²) in [4.78, 5) is 23.6. The van der Waals surface area contributed by atoms with E-state index in [9.17, 15) is 9.59 Å². The molecule has 82 valence electrons. The Kier molecular flexibility index (Phi) is 7.37. The molecule has 0 saturated heterocycles. The molecular weight excluding hydrogens is 312 g/mol. The van der Waals surface area contributed by atoms with Gasteiger partial charge in [-0.1, -0.05) is 34.3 Å². The summed E-state index contributed by atoms with van der Waals surface area (Å²) in [6.07, 6.45) is 0. The number of carbonyl (C=O) groups excluding carboxylic acids is 2. The number of Topliss-reactive ketones (excluding diaryl/α,β-unsaturated/α-hetero) is 1. The van der Waals surface area contributed by atoms with Crippen LogP contribution in [0.2, 0.25) is 0 Å². The Morgan fingerprint density at radius 3 is 2.60 bits per heavy atom. The molecule has 0 radical (unpaired) electrons. The van der Waals surface area contributed by atoms with Crippen LogP contribution in [0.1, 0.15) is 0 Å². The largest absolute Gasteiger partial charge is 0.619 e. The Balaban J connectivity index is 4.07. The van der Waals surface area contributed by atoms with Gasteiger partial charge >= 0.3 is 13.1 Å². The molecule has 0 bridgehead atoms. The molecule has 0 spiro atoms. The normalized spacial score (nSPS) is 9.13. The first kappa shape index (κ1) is 14.4. The number of alkyl halides is 1. The number of nitrogens with zero attached hydrogens (tertiary/aromatic N) is 1. The number of likely N-dealkylation sites (N-methyl/N-ethyl adjacent to an activating group) is 1. The van der Waals surface area contributed by atoms with E-state index in [1.165, 1.54) is 4.90 Å². The van der Waals surface area contributed by atoms with Crippen molar-refractivity contribution in [3.8, 4) is 11.7 Å². The van der Waals surface area contributed by atoms with Gasteiger partial charge in [-0.2, -0.15) is 0 Å². The molecule has 0 fully saturated rings. The molecule has 0 heterocycles. The lowest BCUT2D eigenvalue weighted by Crippen LogP contribution is -2.33. The molecule has 5 nitrogen and oxygen atoms in total. The predicted octanol–water partition coefficient (Wildman–Crippen LogP) is -0.882. The Morgan fingerprint density at radius 2 is 2.13 bits per heavy atom. The zero-order chi connectivity index (χ0) is 11.8. The smallest absolute Gasteiger partial charge is 0.493 e. The van der Waals surface area contributed by atoms with Crippen LogP contribution in [0.4, 0.5) is 0 Å². The van der Waals surface area contributed by atoms with Crippen molar-refractivity contribution >= 4 is 41.5 Å². The maximum atomic E-state index is 11.1. The molecule has 15 heavy (non-hydrogen) atoms. The summed E-state index contributed by atoms with van der Waals surface area (Å²) in [5.74, 6) is 3.00. The van der Waals surface area contributed by atoms with E-state index in [0.29, 0.717) is 4.43 Å². The molecule has 1 N–H and O–H groups in total. The van der Waals surface area contributed by atoms with Gasteiger partial charge in [0.25, 0.3) is 5.78 Å². The van der Waals surface area contributed by atoms with Crippen LogP contribution in [-0.2, 0) is 14.2 Å². The summed E-state index contributed by atoms with van der Waals surface area (Å²) in [5.41, 5.74) is 0. The van der Waals surface area contributed by atoms with Gasteiger partial charge in [-0.15, -0.1) is 0 Å². The van der Waals surface area contributed by atoms with Gasteiger partial charge in [0, 0.05) is 0 Å². The summed E-state index contributed by atoms with van der Waals surface area (Å²) in [5, 5.41) is 9.05. The highest BCUT2D eigenvalue weighted by Gasteiger charge is 2.22. The zero-order valence-electron chi connectivity index (χ0n) is 8.49. The third kappa shape index (κ3) is 7.36. The highest BCUT2D eigenvalue weighted by atomic mass is 127. The maximum absolute atomic E-state index is 11.1. The quantitative estimate of drug-likeness (QED) is 0.239. The third-order valence-electron chi connectivity index (χ3n) is 1.20. The van der Waals surface area contributed by atoms with Crippen molar-refractivity contribution in [3.63, 3.8) is 0 Å². The van der Waals surface area contributed by atoms with E-state index in [4.69, 9.17) is 5.02 Å². The van der Waals surface area contributed by atoms with Crippen LogP contribution in [0, 0.1) is 11.7 Å². The lowest BCUT2D eigenvalue weighted by atomic mass is 9.93. The second-order valence-corrected chi connectivity index (χ2v) is 3.64. The third-order valence-corrected chi connectivity index (χ3v) is 1.58. The first-order valence-corrected chi connectivity index (χ1v) is 5.61. The van der Waals surface area contributed by atoms with Gasteiger partial charge in [0.15, 0.2) is 0 Å². The molecule has 0 aromatic heterocycles. The summed E-state index contributed by atoms with van der Waals surface area (Å²) in [6.45, 7) is -0.0503. The van der Waals surface area contributed by atoms with E-state index in [1.807, 2.05) is 22.6 Å². The maximum Gasteiger partial charge on any atom is 0.619 e. The van der Waals surface area contributed by atoms with Gasteiger partial charge < -0.3 is 14.6 Å². The average molecular weight is 323 g/mol. The van der Waals surface area contributed by atoms with E-state index in [0.717, 1.165) is 0 Å². The number of hydrogen-bond donors (Lipinski definition) is 1. The Bertz CT molecular complexity index is 297. The molecule has 0 aromatic rings. The lowest BCUT2D eigenvalue weighted by molar-refractivity contribution is -0.148. The molecule has 0 amide bonds. The van der Waals surface area contributed by atoms with Gasteiger partial charge in [0.05, 0.1) is 11.0 Å². The number of hydrogen-bond acceptors (Lipinski definition) is 5. The number of halogens is 1. The molecule has 0 aromatic carbocycles. The fourth-order valence-electron chi connectivity index (χ4n) is 0.674. The van der Waals surface area contributed by atoms with Crippen molar-refractivity contribution in [2.24, 2.45) is 0 Å². The molecular formula is C8H11BINO4. The van der Waals surface area contributed by atoms with E-state index < -0.39 is 18.9 Å². The van der Waals surface area contributed by atoms with Gasteiger partial charge in [0.2, 0.25) is 0 Å². The van der Waals surface area contributed by atoms with Crippen LogP contribution < -0.4 is 0 Å². The predicted molar refractivity (Wildman–Crippen MR) is 64.3 cm³/mol. The second-order valence-electron chi connectivity index (χ2n) is 2.87. The van der Waals surface area contributed by atoms with Gasteiger partial charge in [0.1, 0.15) is 0 Å². The monoisotopic (exact) mass is 323 g/mol. The van der Waals surface area contributed by atoms with Crippen molar-refractivity contribution < 1.29 is 19.3 Å². The molecule has 0 unspecified atom stereocenters. The summed E-state index contributed by atoms with van der Waals surface area (Å²) in [6, 6.07) is 0. The van der Waals surface area contributed by atoms with Crippen molar-refractivity contribution in [3.05, 3.63) is 0 Å². The molecule has 0 saturated carbocycles.